The molecule has 37 heavy (non-hydrogen) atoms. The van der Waals surface area contributed by atoms with Crippen molar-refractivity contribution < 1.29 is 4.74 Å². The quantitative estimate of drug-likeness (QED) is 0.404. The average molecular weight is 522 g/mol. The molecule has 3 saturated heterocycles. The fourth-order valence-electron chi connectivity index (χ4n) is 6.12. The largest absolute Gasteiger partial charge is 0.379 e. The van der Waals surface area contributed by atoms with Gasteiger partial charge in [0, 0.05) is 67.4 Å². The van der Waals surface area contributed by atoms with Crippen LogP contribution in [-0.4, -0.2) is 80.9 Å². The van der Waals surface area contributed by atoms with Crippen LogP contribution in [0.4, 0.5) is 17.6 Å². The van der Waals surface area contributed by atoms with Gasteiger partial charge < -0.3 is 15.4 Å². The molecular weight excluding hydrogens is 486 g/mol. The Kier molecular flexibility index (Phi) is 7.24. The van der Waals surface area contributed by atoms with E-state index in [0.29, 0.717) is 30.5 Å². The summed E-state index contributed by atoms with van der Waals surface area (Å²) >= 11 is 1.74. The van der Waals surface area contributed by atoms with Gasteiger partial charge in [0.15, 0.2) is 5.82 Å². The number of fused-ring (bicyclic) bond motifs is 3. The van der Waals surface area contributed by atoms with Crippen LogP contribution in [0.15, 0.2) is 12.1 Å². The van der Waals surface area contributed by atoms with E-state index in [2.05, 4.69) is 42.8 Å². The molecule has 11 heteroatoms. The van der Waals surface area contributed by atoms with Gasteiger partial charge in [0.2, 0.25) is 5.95 Å². The topological polar surface area (TPSA) is 118 Å². The zero-order valence-corrected chi connectivity index (χ0v) is 22.2. The van der Waals surface area contributed by atoms with Crippen molar-refractivity contribution in [2.75, 3.05) is 43.5 Å². The molecule has 2 bridgehead atoms. The minimum absolute atomic E-state index is 0.333. The van der Waals surface area contributed by atoms with Gasteiger partial charge in [0.1, 0.15) is 10.6 Å². The van der Waals surface area contributed by atoms with Crippen molar-refractivity contribution in [3.8, 4) is 6.07 Å². The van der Waals surface area contributed by atoms with Crippen molar-refractivity contribution >= 4 is 39.1 Å². The summed E-state index contributed by atoms with van der Waals surface area (Å²) in [4.78, 5) is 17.2. The van der Waals surface area contributed by atoms with E-state index in [4.69, 9.17) is 20.0 Å². The Hall–Kier alpha value is -2.78. The second-order valence-corrected chi connectivity index (χ2v) is 11.6. The number of hydrogen-bond acceptors (Lipinski definition) is 10. The summed E-state index contributed by atoms with van der Waals surface area (Å²) in [6.45, 7) is 7.28. The molecule has 3 fully saturated rings. The van der Waals surface area contributed by atoms with Gasteiger partial charge in [-0.3, -0.25) is 14.9 Å². The summed E-state index contributed by atoms with van der Waals surface area (Å²) in [6, 6.07) is 7.94. The lowest BCUT2D eigenvalue weighted by Crippen LogP contribution is -2.55. The molecular formula is C26H35N9OS. The minimum Gasteiger partial charge on any atom is -0.379 e. The Morgan fingerprint density at radius 2 is 2.00 bits per heavy atom. The Morgan fingerprint density at radius 1 is 1.19 bits per heavy atom. The number of morpholine rings is 1. The summed E-state index contributed by atoms with van der Waals surface area (Å²) in [5, 5.41) is 24.6. The number of anilines is 3. The van der Waals surface area contributed by atoms with Crippen LogP contribution in [0.5, 0.6) is 0 Å². The Balaban J connectivity index is 1.24. The predicted octanol–water partition coefficient (Wildman–Crippen LogP) is 4.01. The summed E-state index contributed by atoms with van der Waals surface area (Å²) in [5.74, 6) is 2.22. The third-order valence-electron chi connectivity index (χ3n) is 7.82. The summed E-state index contributed by atoms with van der Waals surface area (Å²) in [6.07, 6.45) is 6.45. The lowest BCUT2D eigenvalue weighted by molar-refractivity contribution is 0.0346. The van der Waals surface area contributed by atoms with E-state index >= 15 is 0 Å². The number of nitrogens with one attached hydrogen (secondary N) is 3. The minimum atomic E-state index is 0.333. The van der Waals surface area contributed by atoms with Crippen LogP contribution < -0.4 is 10.6 Å². The first-order chi connectivity index (χ1) is 18.1. The van der Waals surface area contributed by atoms with Gasteiger partial charge in [-0.1, -0.05) is 6.42 Å². The highest BCUT2D eigenvalue weighted by atomic mass is 32.1. The van der Waals surface area contributed by atoms with Crippen LogP contribution in [0, 0.1) is 18.3 Å². The molecule has 3 aromatic rings. The van der Waals surface area contributed by atoms with E-state index in [1.807, 2.05) is 13.0 Å². The van der Waals surface area contributed by atoms with E-state index in [9.17, 15) is 0 Å². The molecule has 3 aliphatic heterocycles. The van der Waals surface area contributed by atoms with Crippen LogP contribution in [0.25, 0.3) is 10.2 Å². The maximum atomic E-state index is 9.10. The third-order valence-corrected chi connectivity index (χ3v) is 8.83. The number of thiophene rings is 1. The zero-order valence-electron chi connectivity index (χ0n) is 21.4. The van der Waals surface area contributed by atoms with Gasteiger partial charge in [-0.15, -0.1) is 11.3 Å². The van der Waals surface area contributed by atoms with E-state index in [1.165, 1.54) is 24.1 Å². The first-order valence-electron chi connectivity index (χ1n) is 13.4. The lowest BCUT2D eigenvalue weighted by Gasteiger charge is -2.48. The van der Waals surface area contributed by atoms with E-state index in [1.54, 1.807) is 11.3 Å². The summed E-state index contributed by atoms with van der Waals surface area (Å²) in [7, 11) is 0. The monoisotopic (exact) mass is 521 g/mol. The molecule has 0 unspecified atom stereocenters. The number of ether oxygens (including phenoxy) is 1. The van der Waals surface area contributed by atoms with Gasteiger partial charge in [-0.2, -0.15) is 15.3 Å². The summed E-state index contributed by atoms with van der Waals surface area (Å²) in [5.41, 5.74) is 0.999. The highest BCUT2D eigenvalue weighted by molar-refractivity contribution is 7.18. The second-order valence-electron chi connectivity index (χ2n) is 10.5. The van der Waals surface area contributed by atoms with Crippen LogP contribution in [0.3, 0.4) is 0 Å². The highest BCUT2D eigenvalue weighted by Crippen LogP contribution is 2.36. The van der Waals surface area contributed by atoms with Gasteiger partial charge in [-0.25, -0.2) is 4.98 Å². The zero-order chi connectivity index (χ0) is 25.2. The van der Waals surface area contributed by atoms with Gasteiger partial charge in [0.05, 0.1) is 24.7 Å². The molecule has 0 saturated carbocycles. The third kappa shape index (κ3) is 5.57. The molecule has 10 nitrogen and oxygen atoms in total. The molecule has 0 radical (unpaired) electrons. The number of aromatic amines is 1. The summed E-state index contributed by atoms with van der Waals surface area (Å²) < 4.78 is 5.52. The van der Waals surface area contributed by atoms with E-state index in [-0.39, 0.29) is 0 Å². The van der Waals surface area contributed by atoms with Crippen molar-refractivity contribution in [1.82, 2.24) is 30.0 Å². The fourth-order valence-corrected chi connectivity index (χ4v) is 7.19. The number of aryl methyl sites for hydroxylation is 1. The molecule has 6 heterocycles. The van der Waals surface area contributed by atoms with Crippen molar-refractivity contribution in [3.05, 3.63) is 22.7 Å². The van der Waals surface area contributed by atoms with Gasteiger partial charge >= 0.3 is 0 Å². The maximum absolute atomic E-state index is 9.10. The molecule has 3 aromatic heterocycles. The van der Waals surface area contributed by atoms with Crippen LogP contribution in [0.2, 0.25) is 0 Å². The molecule has 0 aliphatic carbocycles. The first-order valence-corrected chi connectivity index (χ1v) is 14.2. The van der Waals surface area contributed by atoms with Gasteiger partial charge in [0.25, 0.3) is 0 Å². The standard InChI is InChI=1S/C26H35N9OS/c1-17-12-23(33-32-17)29-24-22-15-21(16-34-8-10-36-11-9-34)37-25(22)31-26(30-24)28-18-13-19-4-2-5-20(14-18)35(19)7-3-6-27/h12,15,18-20H,2-5,7-11,13-14,16H2,1H3,(H3,28,29,30,31,32,33)/t18-,19-,20+. The van der Waals surface area contributed by atoms with Crippen molar-refractivity contribution in [1.29, 1.82) is 5.26 Å². The molecule has 0 spiro atoms. The number of H-pyrrole nitrogens is 1. The van der Waals surface area contributed by atoms with Crippen molar-refractivity contribution in [2.45, 2.75) is 70.1 Å². The molecule has 0 aromatic carbocycles. The predicted molar refractivity (Wildman–Crippen MR) is 145 cm³/mol. The number of nitrogens with zero attached hydrogens (tertiary/aromatic N) is 6. The first kappa shape index (κ1) is 24.6. The molecule has 3 N–H and O–H groups in total. The maximum Gasteiger partial charge on any atom is 0.226 e. The molecule has 196 valence electrons. The highest BCUT2D eigenvalue weighted by Gasteiger charge is 2.38. The van der Waals surface area contributed by atoms with E-state index in [0.717, 1.165) is 79.8 Å². The normalized spacial score (nSPS) is 24.7. The average Bonchev–Trinajstić information content (AvgIpc) is 3.48. The van der Waals surface area contributed by atoms with E-state index < -0.39 is 0 Å². The molecule has 6 rings (SSSR count). The molecule has 3 aliphatic rings. The number of aromatic nitrogens is 4. The Bertz CT molecular complexity index is 1250. The van der Waals surface area contributed by atoms with Crippen LogP contribution in [0.1, 0.15) is 49.1 Å². The number of hydrogen-bond donors (Lipinski definition) is 3. The number of nitriles is 1. The lowest BCUT2D eigenvalue weighted by atomic mass is 9.81. The molecule has 0 amide bonds. The SMILES string of the molecule is Cc1cc(Nc2nc(N[C@@H]3C[C@H]4CCC[C@@H](C3)N4CCC#N)nc3sc(CN4CCOCC4)cc23)n[nH]1. The fraction of sp³-hybridized carbons (Fsp3) is 0.615. The van der Waals surface area contributed by atoms with Crippen LogP contribution >= 0.6 is 11.3 Å². The van der Waals surface area contributed by atoms with Gasteiger partial charge in [-0.05, 0) is 38.7 Å². The van der Waals surface area contributed by atoms with Crippen molar-refractivity contribution in [2.24, 2.45) is 0 Å². The molecule has 3 atom stereocenters. The Labute approximate surface area is 221 Å². The number of rotatable bonds is 8. The smallest absolute Gasteiger partial charge is 0.226 e. The number of piperidine rings is 2. The van der Waals surface area contributed by atoms with Crippen LogP contribution in [-0.2, 0) is 11.3 Å². The second kappa shape index (κ2) is 10.9. The van der Waals surface area contributed by atoms with Crippen molar-refractivity contribution in [3.63, 3.8) is 0 Å². The Morgan fingerprint density at radius 3 is 2.73 bits per heavy atom.